The molecule has 0 bridgehead atoms. The van der Waals surface area contributed by atoms with Crippen molar-refractivity contribution in [3.05, 3.63) is 0 Å². The summed E-state index contributed by atoms with van der Waals surface area (Å²) in [6.45, 7) is 4.12. The number of rotatable bonds is 8. The minimum Gasteiger partial charge on any atom is -0.342 e. The number of carbonyl (C=O) groups excluding carboxylic acids is 1. The van der Waals surface area contributed by atoms with E-state index >= 15 is 0 Å². The SMILES string of the molecule is CCCCCCCCCN1CC(Br)CC1=O. The number of carbonyl (C=O) groups is 1. The zero-order valence-corrected chi connectivity index (χ0v) is 12.0. The van der Waals surface area contributed by atoms with Gasteiger partial charge in [0.25, 0.3) is 0 Å². The van der Waals surface area contributed by atoms with E-state index in [2.05, 4.69) is 22.9 Å². The summed E-state index contributed by atoms with van der Waals surface area (Å²) in [7, 11) is 0. The van der Waals surface area contributed by atoms with Crippen LogP contribution in [0.5, 0.6) is 0 Å². The van der Waals surface area contributed by atoms with Crippen molar-refractivity contribution in [2.75, 3.05) is 13.1 Å². The van der Waals surface area contributed by atoms with E-state index in [0.717, 1.165) is 13.1 Å². The van der Waals surface area contributed by atoms with Crippen LogP contribution in [0, 0.1) is 0 Å². The van der Waals surface area contributed by atoms with Gasteiger partial charge in [-0.1, -0.05) is 61.4 Å². The number of nitrogens with zero attached hydrogens (tertiary/aromatic N) is 1. The third-order valence-electron chi connectivity index (χ3n) is 3.20. The third kappa shape index (κ3) is 5.33. The van der Waals surface area contributed by atoms with E-state index in [4.69, 9.17) is 0 Å². The Hall–Kier alpha value is -0.0500. The first-order valence-electron chi connectivity index (χ1n) is 6.66. The molecule has 0 radical (unpaired) electrons. The lowest BCUT2D eigenvalue weighted by atomic mass is 10.1. The van der Waals surface area contributed by atoms with Crippen LogP contribution in [0.1, 0.15) is 58.3 Å². The molecule has 94 valence electrons. The lowest BCUT2D eigenvalue weighted by Gasteiger charge is -2.15. The van der Waals surface area contributed by atoms with Crippen LogP contribution in [0.15, 0.2) is 0 Å². The van der Waals surface area contributed by atoms with Crippen LogP contribution in [-0.2, 0) is 4.79 Å². The second kappa shape index (κ2) is 8.10. The van der Waals surface area contributed by atoms with Gasteiger partial charge in [-0.05, 0) is 6.42 Å². The molecule has 0 aromatic rings. The predicted octanol–water partition coefficient (Wildman–Crippen LogP) is 3.73. The molecule has 1 heterocycles. The van der Waals surface area contributed by atoms with Crippen molar-refractivity contribution in [1.29, 1.82) is 0 Å². The molecule has 1 saturated heterocycles. The Morgan fingerprint density at radius 3 is 2.38 bits per heavy atom. The lowest BCUT2D eigenvalue weighted by molar-refractivity contribution is -0.127. The highest BCUT2D eigenvalue weighted by Gasteiger charge is 2.26. The molecule has 0 N–H and O–H groups in total. The Morgan fingerprint density at radius 2 is 1.81 bits per heavy atom. The van der Waals surface area contributed by atoms with Crippen molar-refractivity contribution in [3.8, 4) is 0 Å². The van der Waals surface area contributed by atoms with Crippen molar-refractivity contribution in [1.82, 2.24) is 4.90 Å². The third-order valence-corrected chi connectivity index (χ3v) is 3.81. The van der Waals surface area contributed by atoms with E-state index in [1.54, 1.807) is 0 Å². The van der Waals surface area contributed by atoms with Gasteiger partial charge in [-0.2, -0.15) is 0 Å². The summed E-state index contributed by atoms with van der Waals surface area (Å²) in [5, 5.41) is 0. The van der Waals surface area contributed by atoms with E-state index in [9.17, 15) is 4.79 Å². The van der Waals surface area contributed by atoms with Gasteiger partial charge in [0.1, 0.15) is 0 Å². The molecule has 0 spiro atoms. The second-order valence-electron chi connectivity index (χ2n) is 4.76. The fourth-order valence-corrected chi connectivity index (χ4v) is 2.83. The van der Waals surface area contributed by atoms with Crippen LogP contribution in [0.4, 0.5) is 0 Å². The molecule has 1 fully saturated rings. The fourth-order valence-electron chi connectivity index (χ4n) is 2.20. The van der Waals surface area contributed by atoms with Crippen molar-refractivity contribution in [3.63, 3.8) is 0 Å². The average molecular weight is 290 g/mol. The predicted molar refractivity (Wildman–Crippen MR) is 71.9 cm³/mol. The molecular formula is C13H24BrNO. The highest BCUT2D eigenvalue weighted by Crippen LogP contribution is 2.18. The van der Waals surface area contributed by atoms with Crippen molar-refractivity contribution >= 4 is 21.8 Å². The summed E-state index contributed by atoms with van der Waals surface area (Å²) < 4.78 is 0. The molecule has 0 saturated carbocycles. The summed E-state index contributed by atoms with van der Waals surface area (Å²) in [6.07, 6.45) is 9.91. The van der Waals surface area contributed by atoms with Crippen LogP contribution in [-0.4, -0.2) is 28.7 Å². The van der Waals surface area contributed by atoms with E-state index < -0.39 is 0 Å². The monoisotopic (exact) mass is 289 g/mol. The second-order valence-corrected chi connectivity index (χ2v) is 6.06. The Morgan fingerprint density at radius 1 is 1.19 bits per heavy atom. The van der Waals surface area contributed by atoms with Crippen LogP contribution in [0.3, 0.4) is 0 Å². The van der Waals surface area contributed by atoms with Gasteiger partial charge in [-0.3, -0.25) is 4.79 Å². The topological polar surface area (TPSA) is 20.3 Å². The Kier molecular flexibility index (Phi) is 7.10. The van der Waals surface area contributed by atoms with E-state index in [0.29, 0.717) is 17.2 Å². The standard InChI is InChI=1S/C13H24BrNO/c1-2-3-4-5-6-7-8-9-15-11-12(14)10-13(15)16/h12H,2-11H2,1H3. The Bertz CT molecular complexity index is 208. The lowest BCUT2D eigenvalue weighted by Crippen LogP contribution is -2.26. The maximum absolute atomic E-state index is 11.5. The maximum Gasteiger partial charge on any atom is 0.223 e. The number of hydrogen-bond acceptors (Lipinski definition) is 1. The van der Waals surface area contributed by atoms with Crippen molar-refractivity contribution in [2.45, 2.75) is 63.1 Å². The van der Waals surface area contributed by atoms with Crippen LogP contribution >= 0.6 is 15.9 Å². The summed E-state index contributed by atoms with van der Waals surface area (Å²) in [6, 6.07) is 0. The molecule has 16 heavy (non-hydrogen) atoms. The van der Waals surface area contributed by atoms with Gasteiger partial charge in [0.05, 0.1) is 0 Å². The normalized spacial score (nSPS) is 20.8. The molecule has 1 unspecified atom stereocenters. The van der Waals surface area contributed by atoms with Crippen molar-refractivity contribution < 1.29 is 4.79 Å². The molecule has 3 heteroatoms. The van der Waals surface area contributed by atoms with Gasteiger partial charge >= 0.3 is 0 Å². The highest BCUT2D eigenvalue weighted by atomic mass is 79.9. The summed E-state index contributed by atoms with van der Waals surface area (Å²) in [5.41, 5.74) is 0. The summed E-state index contributed by atoms with van der Waals surface area (Å²) in [4.78, 5) is 13.9. The van der Waals surface area contributed by atoms with Gasteiger partial charge in [0.2, 0.25) is 5.91 Å². The molecule has 1 amide bonds. The largest absolute Gasteiger partial charge is 0.342 e. The average Bonchev–Trinajstić information content (AvgIpc) is 2.56. The van der Waals surface area contributed by atoms with E-state index in [1.165, 1.54) is 44.9 Å². The first-order chi connectivity index (χ1) is 7.74. The van der Waals surface area contributed by atoms with E-state index in [1.807, 2.05) is 4.90 Å². The number of unbranched alkanes of at least 4 members (excludes halogenated alkanes) is 6. The molecule has 0 aromatic heterocycles. The first kappa shape index (κ1) is 14.0. The zero-order valence-electron chi connectivity index (χ0n) is 10.4. The molecule has 0 aromatic carbocycles. The number of amides is 1. The van der Waals surface area contributed by atoms with Gasteiger partial charge in [0.15, 0.2) is 0 Å². The number of hydrogen-bond donors (Lipinski definition) is 0. The summed E-state index contributed by atoms with van der Waals surface area (Å²) in [5.74, 6) is 0.327. The zero-order chi connectivity index (χ0) is 11.8. The number of halogens is 1. The van der Waals surface area contributed by atoms with Crippen LogP contribution < -0.4 is 0 Å². The molecule has 2 nitrogen and oxygen atoms in total. The van der Waals surface area contributed by atoms with Gasteiger partial charge in [0, 0.05) is 24.3 Å². The first-order valence-corrected chi connectivity index (χ1v) is 7.57. The van der Waals surface area contributed by atoms with Gasteiger partial charge < -0.3 is 4.90 Å². The molecule has 1 rings (SSSR count). The maximum atomic E-state index is 11.5. The molecule has 1 aliphatic rings. The number of alkyl halides is 1. The number of likely N-dealkylation sites (tertiary alicyclic amines) is 1. The van der Waals surface area contributed by atoms with Crippen molar-refractivity contribution in [2.24, 2.45) is 0 Å². The fraction of sp³-hybridized carbons (Fsp3) is 0.923. The molecule has 0 aliphatic carbocycles. The summed E-state index contributed by atoms with van der Waals surface area (Å²) >= 11 is 3.51. The van der Waals surface area contributed by atoms with Crippen LogP contribution in [0.2, 0.25) is 0 Å². The minimum atomic E-state index is 0.327. The Labute approximate surface area is 108 Å². The minimum absolute atomic E-state index is 0.327. The van der Waals surface area contributed by atoms with Gasteiger partial charge in [-0.15, -0.1) is 0 Å². The molecule has 1 aliphatic heterocycles. The van der Waals surface area contributed by atoms with Gasteiger partial charge in [-0.25, -0.2) is 0 Å². The van der Waals surface area contributed by atoms with E-state index in [-0.39, 0.29) is 0 Å². The smallest absolute Gasteiger partial charge is 0.223 e. The van der Waals surface area contributed by atoms with Crippen LogP contribution in [0.25, 0.3) is 0 Å². The highest BCUT2D eigenvalue weighted by molar-refractivity contribution is 9.09. The molecule has 1 atom stereocenters. The Balaban J connectivity index is 1.93. The molecular weight excluding hydrogens is 266 g/mol. The quantitative estimate of drug-likeness (QED) is 0.492.